The molecule has 1 aromatic rings. The van der Waals surface area contributed by atoms with Gasteiger partial charge < -0.3 is 5.11 Å². The maximum atomic E-state index is 12.5. The van der Waals surface area contributed by atoms with Gasteiger partial charge in [-0.2, -0.15) is 4.31 Å². The number of hydrogen-bond donors (Lipinski definition) is 2. The van der Waals surface area contributed by atoms with Gasteiger partial charge in [-0.05, 0) is 24.6 Å². The van der Waals surface area contributed by atoms with Crippen LogP contribution >= 0.6 is 0 Å². The number of piperazine rings is 1. The van der Waals surface area contributed by atoms with Crippen LogP contribution in [0.5, 0.6) is 0 Å². The Morgan fingerprint density at radius 1 is 1.24 bits per heavy atom. The molecule has 0 spiro atoms. The number of aryl methyl sites for hydroxylation is 1. The summed E-state index contributed by atoms with van der Waals surface area (Å²) >= 11 is 0. The predicted octanol–water partition coefficient (Wildman–Crippen LogP) is -0.660. The number of carbonyl (C=O) groups is 3. The van der Waals surface area contributed by atoms with Crippen molar-refractivity contribution in [1.82, 2.24) is 9.62 Å². The van der Waals surface area contributed by atoms with Crippen LogP contribution < -0.4 is 5.32 Å². The molecule has 112 valence electrons. The molecule has 9 heteroatoms. The lowest BCUT2D eigenvalue weighted by Crippen LogP contribution is -2.53. The lowest BCUT2D eigenvalue weighted by molar-refractivity contribution is -0.134. The summed E-state index contributed by atoms with van der Waals surface area (Å²) in [5, 5.41) is 10.9. The van der Waals surface area contributed by atoms with Gasteiger partial charge in [-0.25, -0.2) is 13.2 Å². The Bertz CT molecular complexity index is 724. The highest BCUT2D eigenvalue weighted by Crippen LogP contribution is 2.22. The standard InChI is InChI=1S/C12H12N2O6S/c1-7-2-3-8(12(17)18)4-9(7)21(19,20)14-5-10(15)13-11(16)6-14/h2-4H,5-6H2,1H3,(H,17,18)(H,13,15,16). The highest BCUT2D eigenvalue weighted by molar-refractivity contribution is 7.89. The Hall–Kier alpha value is -2.26. The zero-order valence-corrected chi connectivity index (χ0v) is 11.8. The van der Waals surface area contributed by atoms with Crippen molar-refractivity contribution in [3.05, 3.63) is 29.3 Å². The molecule has 1 aliphatic heterocycles. The first kappa shape index (κ1) is 15.1. The minimum atomic E-state index is -4.13. The van der Waals surface area contributed by atoms with Crippen molar-refractivity contribution in [2.24, 2.45) is 0 Å². The summed E-state index contributed by atoms with van der Waals surface area (Å²) in [6, 6.07) is 3.66. The Morgan fingerprint density at radius 2 is 1.81 bits per heavy atom. The monoisotopic (exact) mass is 312 g/mol. The van der Waals surface area contributed by atoms with Gasteiger partial charge in [0.05, 0.1) is 23.5 Å². The van der Waals surface area contributed by atoms with Crippen molar-refractivity contribution in [3.8, 4) is 0 Å². The smallest absolute Gasteiger partial charge is 0.335 e. The van der Waals surface area contributed by atoms with Crippen LogP contribution in [0.1, 0.15) is 15.9 Å². The number of aromatic carboxylic acids is 1. The third-order valence-electron chi connectivity index (χ3n) is 2.97. The van der Waals surface area contributed by atoms with E-state index in [0.717, 1.165) is 10.4 Å². The van der Waals surface area contributed by atoms with E-state index >= 15 is 0 Å². The van der Waals surface area contributed by atoms with Gasteiger partial charge in [0.1, 0.15) is 0 Å². The predicted molar refractivity (Wildman–Crippen MR) is 70.0 cm³/mol. The maximum Gasteiger partial charge on any atom is 0.335 e. The molecular formula is C12H12N2O6S. The molecule has 2 N–H and O–H groups in total. The van der Waals surface area contributed by atoms with E-state index in [-0.39, 0.29) is 10.5 Å². The summed E-state index contributed by atoms with van der Waals surface area (Å²) in [5.41, 5.74) is 0.144. The molecule has 1 aromatic carbocycles. The van der Waals surface area contributed by atoms with Gasteiger partial charge in [-0.15, -0.1) is 0 Å². The van der Waals surface area contributed by atoms with Crippen molar-refractivity contribution in [2.45, 2.75) is 11.8 Å². The molecule has 0 radical (unpaired) electrons. The van der Waals surface area contributed by atoms with Crippen molar-refractivity contribution in [2.75, 3.05) is 13.1 Å². The molecular weight excluding hydrogens is 300 g/mol. The molecule has 2 rings (SSSR count). The minimum Gasteiger partial charge on any atom is -0.478 e. The maximum absolute atomic E-state index is 12.5. The average molecular weight is 312 g/mol. The number of hydrogen-bond acceptors (Lipinski definition) is 5. The summed E-state index contributed by atoms with van der Waals surface area (Å²) in [4.78, 5) is 33.3. The van der Waals surface area contributed by atoms with Crippen molar-refractivity contribution in [1.29, 1.82) is 0 Å². The van der Waals surface area contributed by atoms with Crippen molar-refractivity contribution >= 4 is 27.8 Å². The summed E-state index contributed by atoms with van der Waals surface area (Å²) < 4.78 is 25.7. The van der Waals surface area contributed by atoms with Gasteiger partial charge in [0.25, 0.3) is 0 Å². The second-order valence-corrected chi connectivity index (χ2v) is 6.44. The molecule has 0 atom stereocenters. The minimum absolute atomic E-state index is 0.188. The number of rotatable bonds is 3. The van der Waals surface area contributed by atoms with Gasteiger partial charge in [0, 0.05) is 0 Å². The van der Waals surface area contributed by atoms with Gasteiger partial charge in [-0.1, -0.05) is 6.07 Å². The fourth-order valence-corrected chi connectivity index (χ4v) is 3.53. The Balaban J connectivity index is 2.48. The van der Waals surface area contributed by atoms with E-state index in [0.29, 0.717) is 5.56 Å². The number of carboxylic acids is 1. The molecule has 0 unspecified atom stereocenters. The van der Waals surface area contributed by atoms with Crippen LogP contribution in [0.15, 0.2) is 23.1 Å². The molecule has 1 aliphatic rings. The van der Waals surface area contributed by atoms with Crippen LogP contribution in [0.4, 0.5) is 0 Å². The second kappa shape index (κ2) is 5.26. The summed E-state index contributed by atoms with van der Waals surface area (Å²) in [5.74, 6) is -2.71. The van der Waals surface area contributed by atoms with E-state index in [1.807, 2.05) is 5.32 Å². The van der Waals surface area contributed by atoms with E-state index in [4.69, 9.17) is 5.11 Å². The van der Waals surface area contributed by atoms with Gasteiger partial charge in [-0.3, -0.25) is 14.9 Å². The lowest BCUT2D eigenvalue weighted by Gasteiger charge is -2.25. The van der Waals surface area contributed by atoms with E-state index in [1.54, 1.807) is 0 Å². The van der Waals surface area contributed by atoms with Crippen LogP contribution in [-0.2, 0) is 19.6 Å². The zero-order chi connectivity index (χ0) is 15.8. The lowest BCUT2D eigenvalue weighted by atomic mass is 10.1. The largest absolute Gasteiger partial charge is 0.478 e. The summed E-state index contributed by atoms with van der Waals surface area (Å²) in [6.45, 7) is 0.542. The third-order valence-corrected chi connectivity index (χ3v) is 4.91. The van der Waals surface area contributed by atoms with Gasteiger partial charge in [0.15, 0.2) is 0 Å². The van der Waals surface area contributed by atoms with Gasteiger partial charge >= 0.3 is 5.97 Å². The number of sulfonamides is 1. The molecule has 0 aromatic heterocycles. The fourth-order valence-electron chi connectivity index (χ4n) is 1.93. The number of carboxylic acid groups (broad SMARTS) is 1. The molecule has 0 saturated carbocycles. The molecule has 0 aliphatic carbocycles. The van der Waals surface area contributed by atoms with Crippen LogP contribution in [-0.4, -0.2) is 48.7 Å². The third kappa shape index (κ3) is 2.93. The molecule has 21 heavy (non-hydrogen) atoms. The molecule has 1 heterocycles. The number of carbonyl (C=O) groups excluding carboxylic acids is 2. The Kier molecular flexibility index (Phi) is 3.79. The zero-order valence-electron chi connectivity index (χ0n) is 11.0. The summed E-state index contributed by atoms with van der Waals surface area (Å²) in [6.07, 6.45) is 0. The number of nitrogens with zero attached hydrogens (tertiary/aromatic N) is 1. The highest BCUT2D eigenvalue weighted by Gasteiger charge is 2.34. The quantitative estimate of drug-likeness (QED) is 0.715. The first-order chi connectivity index (χ1) is 9.71. The normalized spacial score (nSPS) is 16.6. The Morgan fingerprint density at radius 3 is 2.33 bits per heavy atom. The summed E-state index contributed by atoms with van der Waals surface area (Å²) in [7, 11) is -4.13. The second-order valence-electron chi connectivity index (χ2n) is 4.53. The van der Waals surface area contributed by atoms with Crippen LogP contribution in [0, 0.1) is 6.92 Å². The Labute approximate surface area is 120 Å². The number of benzene rings is 1. The van der Waals surface area contributed by atoms with E-state index < -0.39 is 40.9 Å². The van der Waals surface area contributed by atoms with Crippen molar-refractivity contribution < 1.29 is 27.9 Å². The average Bonchev–Trinajstić information content (AvgIpc) is 2.37. The fraction of sp³-hybridized carbons (Fsp3) is 0.250. The van der Waals surface area contributed by atoms with E-state index in [2.05, 4.69) is 0 Å². The van der Waals surface area contributed by atoms with E-state index in [1.165, 1.54) is 19.1 Å². The molecule has 2 amide bonds. The van der Waals surface area contributed by atoms with Gasteiger partial charge in [0.2, 0.25) is 21.8 Å². The SMILES string of the molecule is Cc1ccc(C(=O)O)cc1S(=O)(=O)N1CC(=O)NC(=O)C1. The van der Waals surface area contributed by atoms with Crippen LogP contribution in [0.3, 0.4) is 0 Å². The first-order valence-electron chi connectivity index (χ1n) is 5.88. The molecule has 0 bridgehead atoms. The number of imide groups is 1. The number of nitrogens with one attached hydrogen (secondary N) is 1. The number of amides is 2. The van der Waals surface area contributed by atoms with Crippen molar-refractivity contribution in [3.63, 3.8) is 0 Å². The van der Waals surface area contributed by atoms with E-state index in [9.17, 15) is 22.8 Å². The first-order valence-corrected chi connectivity index (χ1v) is 7.32. The highest BCUT2D eigenvalue weighted by atomic mass is 32.2. The van der Waals surface area contributed by atoms with Crippen LogP contribution in [0.25, 0.3) is 0 Å². The topological polar surface area (TPSA) is 121 Å². The molecule has 1 fully saturated rings. The molecule has 8 nitrogen and oxygen atoms in total. The van der Waals surface area contributed by atoms with Crippen LogP contribution in [0.2, 0.25) is 0 Å². The molecule has 1 saturated heterocycles.